The van der Waals surface area contributed by atoms with E-state index in [0.29, 0.717) is 30.1 Å². The van der Waals surface area contributed by atoms with Gasteiger partial charge in [-0.3, -0.25) is 9.48 Å². The van der Waals surface area contributed by atoms with Crippen LogP contribution < -0.4 is 15.8 Å². The molecule has 0 saturated carbocycles. The molecule has 0 fully saturated rings. The van der Waals surface area contributed by atoms with Crippen LogP contribution in [0.4, 0.5) is 5.69 Å². The summed E-state index contributed by atoms with van der Waals surface area (Å²) in [7, 11) is 4.98. The number of ether oxygens (including phenoxy) is 2. The van der Waals surface area contributed by atoms with Crippen LogP contribution in [0, 0.1) is 6.92 Å². The molecule has 0 saturated heterocycles. The summed E-state index contributed by atoms with van der Waals surface area (Å²) >= 11 is 0. The zero-order valence-electron chi connectivity index (χ0n) is 17.7. The van der Waals surface area contributed by atoms with Crippen molar-refractivity contribution >= 4 is 11.6 Å². The van der Waals surface area contributed by atoms with Crippen LogP contribution in [0.2, 0.25) is 0 Å². The van der Waals surface area contributed by atoms with Gasteiger partial charge in [0, 0.05) is 37.5 Å². The molecule has 8 nitrogen and oxygen atoms in total. The van der Waals surface area contributed by atoms with Crippen molar-refractivity contribution in [2.24, 2.45) is 12.8 Å². The van der Waals surface area contributed by atoms with Gasteiger partial charge >= 0.3 is 0 Å². The number of hydrogen-bond donors (Lipinski definition) is 3. The largest absolute Gasteiger partial charge is 0.504 e. The maximum absolute atomic E-state index is 12.5. The number of amides is 1. The summed E-state index contributed by atoms with van der Waals surface area (Å²) in [4.78, 5) is 12.5. The Balaban J connectivity index is 0.000000575. The van der Waals surface area contributed by atoms with Crippen LogP contribution >= 0.6 is 0 Å². The van der Waals surface area contributed by atoms with E-state index in [1.54, 1.807) is 56.3 Å². The highest BCUT2D eigenvalue weighted by Crippen LogP contribution is 2.30. The van der Waals surface area contributed by atoms with E-state index in [1.807, 2.05) is 19.1 Å². The van der Waals surface area contributed by atoms with Gasteiger partial charge in [0.05, 0.1) is 19.9 Å². The second-order valence-electron chi connectivity index (χ2n) is 6.50. The fourth-order valence-corrected chi connectivity index (χ4v) is 2.85. The summed E-state index contributed by atoms with van der Waals surface area (Å²) in [5.74, 6) is 0.624. The molecule has 0 spiro atoms. The average molecular weight is 412 g/mol. The lowest BCUT2D eigenvalue weighted by molar-refractivity contribution is 0.102. The second-order valence-corrected chi connectivity index (χ2v) is 6.50. The number of aryl methyl sites for hydroxylation is 2. The number of benzene rings is 2. The number of hydrogen-bond acceptors (Lipinski definition) is 6. The molecule has 3 aromatic rings. The number of anilines is 1. The summed E-state index contributed by atoms with van der Waals surface area (Å²) in [6.45, 7) is 3.18. The number of aromatic hydroxyl groups is 1. The topological polar surface area (TPSA) is 112 Å². The third-order valence-corrected chi connectivity index (χ3v) is 4.29. The minimum Gasteiger partial charge on any atom is -0.504 e. The summed E-state index contributed by atoms with van der Waals surface area (Å²) < 4.78 is 11.4. The zero-order valence-corrected chi connectivity index (χ0v) is 17.7. The van der Waals surface area contributed by atoms with Crippen molar-refractivity contribution in [2.75, 3.05) is 32.7 Å². The van der Waals surface area contributed by atoms with Gasteiger partial charge in [-0.15, -0.1) is 0 Å². The summed E-state index contributed by atoms with van der Waals surface area (Å²) in [6, 6.07) is 12.5. The predicted octanol–water partition coefficient (Wildman–Crippen LogP) is 2.95. The maximum Gasteiger partial charge on any atom is 0.255 e. The Kier molecular flexibility index (Phi) is 8.40. The van der Waals surface area contributed by atoms with Gasteiger partial charge < -0.3 is 25.6 Å². The van der Waals surface area contributed by atoms with Crippen LogP contribution in [0.1, 0.15) is 15.9 Å². The fourth-order valence-electron chi connectivity index (χ4n) is 2.85. The van der Waals surface area contributed by atoms with Crippen molar-refractivity contribution in [3.63, 3.8) is 0 Å². The molecule has 0 aliphatic heterocycles. The number of carbonyl (C=O) groups excluding carboxylic acids is 1. The van der Waals surface area contributed by atoms with Crippen LogP contribution in [0.5, 0.6) is 11.5 Å². The van der Waals surface area contributed by atoms with E-state index < -0.39 is 0 Å². The Morgan fingerprint density at radius 1 is 1.23 bits per heavy atom. The summed E-state index contributed by atoms with van der Waals surface area (Å²) in [5, 5.41) is 16.8. The maximum atomic E-state index is 12.5. The quantitative estimate of drug-likeness (QED) is 0.574. The molecular weight excluding hydrogens is 384 g/mol. The highest BCUT2D eigenvalue weighted by atomic mass is 16.5. The van der Waals surface area contributed by atoms with Crippen LogP contribution in [-0.4, -0.2) is 48.2 Å². The standard InChI is InChI=1S/C19H19N3O3.C3H9NO/c1-12-9-14(7-8-17(12)25-3)19(24)21-15-6-4-5-13(10-15)18-16(23)11-20-22(18)2;1-5-3-2-4/h4-11,23H,1-3H3,(H,21,24);2-4H2,1H3. The number of nitrogens with two attached hydrogens (primary N) is 1. The van der Waals surface area contributed by atoms with Gasteiger partial charge in [-0.05, 0) is 42.8 Å². The van der Waals surface area contributed by atoms with Crippen molar-refractivity contribution in [3.05, 3.63) is 59.8 Å². The molecule has 0 aliphatic carbocycles. The third kappa shape index (κ3) is 5.82. The van der Waals surface area contributed by atoms with E-state index in [9.17, 15) is 9.90 Å². The highest BCUT2D eigenvalue weighted by Gasteiger charge is 2.12. The van der Waals surface area contributed by atoms with E-state index in [-0.39, 0.29) is 11.7 Å². The van der Waals surface area contributed by atoms with Gasteiger partial charge in [0.15, 0.2) is 5.75 Å². The molecule has 0 radical (unpaired) electrons. The van der Waals surface area contributed by atoms with Crippen molar-refractivity contribution < 1.29 is 19.4 Å². The predicted molar refractivity (Wildman–Crippen MR) is 117 cm³/mol. The Labute approximate surface area is 176 Å². The highest BCUT2D eigenvalue weighted by molar-refractivity contribution is 6.04. The lowest BCUT2D eigenvalue weighted by atomic mass is 10.1. The van der Waals surface area contributed by atoms with E-state index in [2.05, 4.69) is 15.2 Å². The van der Waals surface area contributed by atoms with Gasteiger partial charge in [0.2, 0.25) is 0 Å². The number of nitrogens with one attached hydrogen (secondary N) is 1. The molecule has 0 bridgehead atoms. The normalized spacial score (nSPS) is 10.2. The van der Waals surface area contributed by atoms with Crippen LogP contribution in [-0.2, 0) is 11.8 Å². The van der Waals surface area contributed by atoms with E-state index in [0.717, 1.165) is 16.9 Å². The zero-order chi connectivity index (χ0) is 22.1. The lowest BCUT2D eigenvalue weighted by Crippen LogP contribution is -2.12. The molecule has 2 aromatic carbocycles. The SMILES string of the molecule is COCCN.COc1ccc(C(=O)Nc2cccc(-c3c(O)cnn3C)c2)cc1C. The third-order valence-electron chi connectivity index (χ3n) is 4.29. The van der Waals surface area contributed by atoms with Crippen molar-refractivity contribution in [2.45, 2.75) is 6.92 Å². The summed E-state index contributed by atoms with van der Waals surface area (Å²) in [5.41, 5.74) is 8.45. The molecule has 160 valence electrons. The molecule has 0 unspecified atom stereocenters. The molecule has 4 N–H and O–H groups in total. The first kappa shape index (κ1) is 22.9. The van der Waals surface area contributed by atoms with Crippen molar-refractivity contribution in [1.29, 1.82) is 0 Å². The Morgan fingerprint density at radius 3 is 2.53 bits per heavy atom. The van der Waals surface area contributed by atoms with Gasteiger partial charge in [-0.1, -0.05) is 12.1 Å². The molecule has 8 heteroatoms. The van der Waals surface area contributed by atoms with E-state index >= 15 is 0 Å². The van der Waals surface area contributed by atoms with Crippen molar-refractivity contribution in [1.82, 2.24) is 9.78 Å². The number of rotatable bonds is 6. The Hall–Kier alpha value is -3.36. The van der Waals surface area contributed by atoms with Crippen LogP contribution in [0.25, 0.3) is 11.3 Å². The first-order chi connectivity index (χ1) is 14.4. The second kappa shape index (κ2) is 11.0. The number of carbonyl (C=O) groups is 1. The average Bonchev–Trinajstić information content (AvgIpc) is 3.07. The fraction of sp³-hybridized carbons (Fsp3) is 0.273. The Morgan fingerprint density at radius 2 is 2.00 bits per heavy atom. The van der Waals surface area contributed by atoms with Crippen LogP contribution in [0.15, 0.2) is 48.7 Å². The molecule has 1 heterocycles. The molecule has 0 aliphatic rings. The van der Waals surface area contributed by atoms with Gasteiger partial charge in [0.25, 0.3) is 5.91 Å². The van der Waals surface area contributed by atoms with Gasteiger partial charge in [-0.2, -0.15) is 5.10 Å². The molecule has 30 heavy (non-hydrogen) atoms. The smallest absolute Gasteiger partial charge is 0.255 e. The van der Waals surface area contributed by atoms with Gasteiger partial charge in [0.1, 0.15) is 11.4 Å². The molecule has 1 amide bonds. The molecule has 3 rings (SSSR count). The first-order valence-corrected chi connectivity index (χ1v) is 9.37. The van der Waals surface area contributed by atoms with E-state index in [1.165, 1.54) is 6.20 Å². The summed E-state index contributed by atoms with van der Waals surface area (Å²) in [6.07, 6.45) is 1.39. The monoisotopic (exact) mass is 412 g/mol. The molecular formula is C22H28N4O4. The van der Waals surface area contributed by atoms with E-state index in [4.69, 9.17) is 10.5 Å². The first-order valence-electron chi connectivity index (χ1n) is 9.37. The number of methoxy groups -OCH3 is 2. The number of aromatic nitrogens is 2. The minimum absolute atomic E-state index is 0.0942. The number of nitrogens with zero attached hydrogens (tertiary/aromatic N) is 2. The van der Waals surface area contributed by atoms with Crippen molar-refractivity contribution in [3.8, 4) is 22.8 Å². The van der Waals surface area contributed by atoms with Crippen LogP contribution in [0.3, 0.4) is 0 Å². The molecule has 1 aromatic heterocycles. The lowest BCUT2D eigenvalue weighted by Gasteiger charge is -2.10. The minimum atomic E-state index is -0.211. The Bertz CT molecular complexity index is 964. The molecule has 0 atom stereocenters. The van der Waals surface area contributed by atoms with Gasteiger partial charge in [-0.25, -0.2) is 0 Å².